The number of rotatable bonds is 12. The Kier molecular flexibility index (Phi) is 12.4. The normalized spacial score (nSPS) is 15.3. The number of nitrogens with zero attached hydrogens (tertiary/aromatic N) is 5. The first kappa shape index (κ1) is 37.9. The van der Waals surface area contributed by atoms with Gasteiger partial charge in [0, 0.05) is 81.1 Å². The van der Waals surface area contributed by atoms with Gasteiger partial charge in [-0.15, -0.1) is 0 Å². The van der Waals surface area contributed by atoms with Crippen LogP contribution in [0.4, 0.5) is 21.7 Å². The number of aryl methyl sites for hydroxylation is 2. The van der Waals surface area contributed by atoms with Gasteiger partial charge in [0.25, 0.3) is 11.8 Å². The van der Waals surface area contributed by atoms with Crippen molar-refractivity contribution in [2.24, 2.45) is 0 Å². The van der Waals surface area contributed by atoms with Crippen LogP contribution in [0, 0.1) is 19.7 Å². The first-order chi connectivity index (χ1) is 25.5. The highest BCUT2D eigenvalue weighted by molar-refractivity contribution is 6.32. The molecule has 0 saturated carbocycles. The van der Waals surface area contributed by atoms with Crippen LogP contribution >= 0.6 is 11.6 Å². The Balaban J connectivity index is 1.18. The number of anilines is 3. The second-order valence-corrected chi connectivity index (χ2v) is 13.8. The van der Waals surface area contributed by atoms with E-state index in [1.807, 2.05) is 32.0 Å². The van der Waals surface area contributed by atoms with Gasteiger partial charge in [-0.1, -0.05) is 29.8 Å². The molecule has 0 spiro atoms. The molecule has 53 heavy (non-hydrogen) atoms. The molecule has 4 aromatic rings. The number of hydrogen-bond donors (Lipinski definition) is 2. The monoisotopic (exact) mass is 745 g/mol. The Morgan fingerprint density at radius 2 is 1.68 bits per heavy atom. The van der Waals surface area contributed by atoms with Crippen molar-refractivity contribution in [2.45, 2.75) is 33.7 Å². The third-order valence-corrected chi connectivity index (χ3v) is 9.69. The van der Waals surface area contributed by atoms with Gasteiger partial charge in [0.05, 0.1) is 18.2 Å². The zero-order valence-electron chi connectivity index (χ0n) is 30.5. The summed E-state index contributed by atoms with van der Waals surface area (Å²) in [6, 6.07) is 15.4. The van der Waals surface area contributed by atoms with E-state index >= 15 is 4.39 Å². The molecule has 0 bridgehead atoms. The van der Waals surface area contributed by atoms with Crippen LogP contribution in [-0.4, -0.2) is 108 Å². The molecule has 280 valence electrons. The molecule has 0 unspecified atom stereocenters. The lowest BCUT2D eigenvalue weighted by Crippen LogP contribution is -2.49. The van der Waals surface area contributed by atoms with E-state index in [2.05, 4.69) is 44.2 Å². The Morgan fingerprint density at radius 1 is 0.962 bits per heavy atom. The van der Waals surface area contributed by atoms with Crippen LogP contribution in [0.2, 0.25) is 5.02 Å². The Hall–Kier alpha value is -4.82. The molecule has 14 heteroatoms. The van der Waals surface area contributed by atoms with Gasteiger partial charge < -0.3 is 29.7 Å². The third kappa shape index (κ3) is 9.60. The van der Waals surface area contributed by atoms with Crippen molar-refractivity contribution in [3.63, 3.8) is 0 Å². The number of carbonyl (C=O) groups is 2. The van der Waals surface area contributed by atoms with E-state index < -0.39 is 11.7 Å². The summed E-state index contributed by atoms with van der Waals surface area (Å²) < 4.78 is 32.5. The zero-order chi connectivity index (χ0) is 37.5. The van der Waals surface area contributed by atoms with Crippen molar-refractivity contribution >= 4 is 40.7 Å². The SMILES string of the molecule is Cc1cccc(C)c1NC(=O)c1cnc(Nc2ccc(OCCN3CCN(C(C)C)CC3)c(F)c2)nc1Oc1ccc(C(=O)N2CCOCC2)cc1Cl. The summed E-state index contributed by atoms with van der Waals surface area (Å²) in [6.45, 7) is 15.1. The van der Waals surface area contributed by atoms with E-state index in [1.165, 1.54) is 18.3 Å². The average molecular weight is 746 g/mol. The molecular weight excluding hydrogens is 701 g/mol. The maximum Gasteiger partial charge on any atom is 0.262 e. The first-order valence-electron chi connectivity index (χ1n) is 17.8. The van der Waals surface area contributed by atoms with E-state index in [0.29, 0.717) is 62.4 Å². The van der Waals surface area contributed by atoms with Gasteiger partial charge in [0.2, 0.25) is 11.8 Å². The molecule has 6 rings (SSSR count). The topological polar surface area (TPSA) is 121 Å². The van der Waals surface area contributed by atoms with E-state index in [9.17, 15) is 9.59 Å². The molecular formula is C39H45ClFN7O5. The van der Waals surface area contributed by atoms with Crippen LogP contribution in [0.3, 0.4) is 0 Å². The number of benzene rings is 3. The van der Waals surface area contributed by atoms with Gasteiger partial charge in [-0.3, -0.25) is 19.4 Å². The lowest BCUT2D eigenvalue weighted by atomic mass is 10.1. The summed E-state index contributed by atoms with van der Waals surface area (Å²) >= 11 is 6.63. The van der Waals surface area contributed by atoms with Crippen molar-refractivity contribution in [1.29, 1.82) is 0 Å². The summed E-state index contributed by atoms with van der Waals surface area (Å²) in [5.41, 5.74) is 3.19. The number of hydrogen-bond acceptors (Lipinski definition) is 10. The number of para-hydroxylation sites is 1. The number of ether oxygens (including phenoxy) is 3. The molecule has 2 N–H and O–H groups in total. The zero-order valence-corrected chi connectivity index (χ0v) is 31.2. The largest absolute Gasteiger partial charge is 0.489 e. The maximum absolute atomic E-state index is 15.2. The standard InChI is InChI=1S/C39H45ClFN7O5/c1-25(2)47-14-12-46(13-15-47)16-21-52-34-11-9-29(23-32(34)41)43-39-42-24-30(36(49)44-35-26(3)6-5-7-27(35)4)37(45-39)53-33-10-8-28(22-31(33)40)38(50)48-17-19-51-20-18-48/h5-11,22-25H,12-21H2,1-4H3,(H,44,49)(H,42,43,45). The minimum absolute atomic E-state index is 0.0308. The highest BCUT2D eigenvalue weighted by Crippen LogP contribution is 2.33. The minimum Gasteiger partial charge on any atom is -0.489 e. The quantitative estimate of drug-likeness (QED) is 0.165. The van der Waals surface area contributed by atoms with Gasteiger partial charge in [0.1, 0.15) is 17.9 Å². The summed E-state index contributed by atoms with van der Waals surface area (Å²) in [4.78, 5) is 42.0. The van der Waals surface area contributed by atoms with Crippen LogP contribution in [-0.2, 0) is 4.74 Å². The lowest BCUT2D eigenvalue weighted by Gasteiger charge is -2.36. The molecule has 3 heterocycles. The fraction of sp³-hybridized carbons (Fsp3) is 0.385. The van der Waals surface area contributed by atoms with Crippen molar-refractivity contribution < 1.29 is 28.2 Å². The minimum atomic E-state index is -0.542. The van der Waals surface area contributed by atoms with Gasteiger partial charge >= 0.3 is 0 Å². The van der Waals surface area contributed by atoms with E-state index in [-0.39, 0.29) is 39.8 Å². The van der Waals surface area contributed by atoms with Crippen molar-refractivity contribution in [1.82, 2.24) is 24.7 Å². The number of amides is 2. The second-order valence-electron chi connectivity index (χ2n) is 13.4. The molecule has 12 nitrogen and oxygen atoms in total. The molecule has 2 amide bonds. The highest BCUT2D eigenvalue weighted by atomic mass is 35.5. The van der Waals surface area contributed by atoms with Crippen molar-refractivity contribution in [3.8, 4) is 17.4 Å². The van der Waals surface area contributed by atoms with Crippen LogP contribution in [0.15, 0.2) is 60.8 Å². The van der Waals surface area contributed by atoms with Gasteiger partial charge in [0.15, 0.2) is 11.6 Å². The van der Waals surface area contributed by atoms with Crippen LogP contribution in [0.5, 0.6) is 17.4 Å². The number of aromatic nitrogens is 2. The maximum atomic E-state index is 15.2. The van der Waals surface area contributed by atoms with Crippen LogP contribution < -0.4 is 20.1 Å². The van der Waals surface area contributed by atoms with E-state index in [1.54, 1.807) is 29.2 Å². The Bertz CT molecular complexity index is 1910. The van der Waals surface area contributed by atoms with Crippen LogP contribution in [0.25, 0.3) is 0 Å². The number of nitrogens with one attached hydrogen (secondary N) is 2. The number of halogens is 2. The molecule has 2 aliphatic heterocycles. The van der Waals surface area contributed by atoms with E-state index in [0.717, 1.165) is 37.3 Å². The Labute approximate surface area is 314 Å². The lowest BCUT2D eigenvalue weighted by molar-refractivity contribution is 0.0303. The molecule has 0 radical (unpaired) electrons. The summed E-state index contributed by atoms with van der Waals surface area (Å²) in [7, 11) is 0. The van der Waals surface area contributed by atoms with E-state index in [4.69, 9.17) is 25.8 Å². The smallest absolute Gasteiger partial charge is 0.262 e. The number of piperazine rings is 1. The van der Waals surface area contributed by atoms with Gasteiger partial charge in [-0.2, -0.15) is 4.98 Å². The summed E-state index contributed by atoms with van der Waals surface area (Å²) in [5.74, 6) is -0.960. The molecule has 2 fully saturated rings. The molecule has 1 aromatic heterocycles. The van der Waals surface area contributed by atoms with Crippen LogP contribution in [0.1, 0.15) is 45.7 Å². The molecule has 2 saturated heterocycles. The number of carbonyl (C=O) groups excluding carboxylic acids is 2. The number of morpholine rings is 1. The average Bonchev–Trinajstić information content (AvgIpc) is 3.15. The third-order valence-electron chi connectivity index (χ3n) is 9.39. The predicted molar refractivity (Wildman–Crippen MR) is 202 cm³/mol. The molecule has 0 atom stereocenters. The first-order valence-corrected chi connectivity index (χ1v) is 18.2. The fourth-order valence-electron chi connectivity index (χ4n) is 6.24. The van der Waals surface area contributed by atoms with Crippen molar-refractivity contribution in [2.75, 3.05) is 76.3 Å². The van der Waals surface area contributed by atoms with Crippen molar-refractivity contribution in [3.05, 3.63) is 93.9 Å². The van der Waals surface area contributed by atoms with Gasteiger partial charge in [-0.25, -0.2) is 9.37 Å². The second kappa shape index (κ2) is 17.3. The van der Waals surface area contributed by atoms with Gasteiger partial charge in [-0.05, 0) is 69.2 Å². The summed E-state index contributed by atoms with van der Waals surface area (Å²) in [5, 5.41) is 6.08. The predicted octanol–water partition coefficient (Wildman–Crippen LogP) is 6.55. The fourth-order valence-corrected chi connectivity index (χ4v) is 6.45. The summed E-state index contributed by atoms with van der Waals surface area (Å²) in [6.07, 6.45) is 1.33. The molecule has 0 aliphatic carbocycles. The Morgan fingerprint density at radius 3 is 2.36 bits per heavy atom. The molecule has 3 aromatic carbocycles. The highest BCUT2D eigenvalue weighted by Gasteiger charge is 2.23. The molecule has 2 aliphatic rings.